The number of hydrogen-bond acceptors (Lipinski definition) is 5. The van der Waals surface area contributed by atoms with Crippen molar-refractivity contribution in [2.24, 2.45) is 0 Å². The minimum atomic E-state index is -0.198. The Labute approximate surface area is 197 Å². The Balaban J connectivity index is 1.31. The van der Waals surface area contributed by atoms with Crippen LogP contribution in [0.25, 0.3) is 33.0 Å². The maximum atomic E-state index is 15.2. The van der Waals surface area contributed by atoms with Gasteiger partial charge in [-0.1, -0.05) is 18.2 Å². The van der Waals surface area contributed by atoms with Gasteiger partial charge in [0.15, 0.2) is 0 Å². The van der Waals surface area contributed by atoms with E-state index in [0.717, 1.165) is 77.1 Å². The lowest BCUT2D eigenvalue weighted by Gasteiger charge is -2.27. The zero-order chi connectivity index (χ0) is 22.9. The summed E-state index contributed by atoms with van der Waals surface area (Å²) in [6.45, 7) is 4.72. The van der Waals surface area contributed by atoms with Crippen molar-refractivity contribution < 1.29 is 8.81 Å². The fourth-order valence-corrected chi connectivity index (χ4v) is 4.64. The number of aromatic nitrogens is 1. The number of hydrogen-bond donors (Lipinski definition) is 2. The molecule has 5 aromatic rings. The second-order valence-electron chi connectivity index (χ2n) is 8.73. The molecule has 2 N–H and O–H groups in total. The molecular formula is C28H25FN4O. The standard InChI is InChI=1S/C28H25FN4O/c29-25-15-19(18-33-12-10-30-11-13-33)1-4-23(25)20-2-5-26-24(17-20)27(7-9-31-26)32-22-3-6-28-21(16-22)8-14-34-28/h1-9,14-17,30H,10-13,18H2,(H,31,32). The third-order valence-corrected chi connectivity index (χ3v) is 6.43. The van der Waals surface area contributed by atoms with Crippen LogP contribution < -0.4 is 10.6 Å². The summed E-state index contributed by atoms with van der Waals surface area (Å²) >= 11 is 0. The van der Waals surface area contributed by atoms with Crippen molar-refractivity contribution in [1.29, 1.82) is 0 Å². The van der Waals surface area contributed by atoms with Crippen LogP contribution in [0.5, 0.6) is 0 Å². The lowest BCUT2D eigenvalue weighted by molar-refractivity contribution is 0.233. The van der Waals surface area contributed by atoms with Crippen LogP contribution in [-0.4, -0.2) is 36.1 Å². The van der Waals surface area contributed by atoms with Gasteiger partial charge in [0.1, 0.15) is 11.4 Å². The van der Waals surface area contributed by atoms with Crippen molar-refractivity contribution in [3.8, 4) is 11.1 Å². The van der Waals surface area contributed by atoms with E-state index in [-0.39, 0.29) is 5.82 Å². The second kappa shape index (κ2) is 8.89. The number of fused-ring (bicyclic) bond motifs is 2. The summed E-state index contributed by atoms with van der Waals surface area (Å²) in [5, 5.41) is 8.82. The molecule has 1 fully saturated rings. The minimum absolute atomic E-state index is 0.198. The van der Waals surface area contributed by atoms with E-state index >= 15 is 4.39 Å². The van der Waals surface area contributed by atoms with Crippen LogP contribution in [0.2, 0.25) is 0 Å². The molecule has 0 radical (unpaired) electrons. The van der Waals surface area contributed by atoms with E-state index in [1.165, 1.54) is 0 Å². The number of pyridine rings is 1. The number of anilines is 2. The maximum absolute atomic E-state index is 15.2. The van der Waals surface area contributed by atoms with Crippen molar-refractivity contribution in [3.63, 3.8) is 0 Å². The predicted molar refractivity (Wildman–Crippen MR) is 135 cm³/mol. The molecule has 3 aromatic carbocycles. The summed E-state index contributed by atoms with van der Waals surface area (Å²) in [6.07, 6.45) is 3.47. The zero-order valence-corrected chi connectivity index (χ0v) is 18.7. The lowest BCUT2D eigenvalue weighted by Crippen LogP contribution is -2.42. The molecule has 0 aliphatic carbocycles. The van der Waals surface area contributed by atoms with E-state index in [0.29, 0.717) is 5.56 Å². The molecule has 6 rings (SSSR count). The highest BCUT2D eigenvalue weighted by atomic mass is 19.1. The highest BCUT2D eigenvalue weighted by Gasteiger charge is 2.13. The van der Waals surface area contributed by atoms with Crippen molar-refractivity contribution in [3.05, 3.63) is 90.6 Å². The molecule has 1 aliphatic heterocycles. The monoisotopic (exact) mass is 452 g/mol. The van der Waals surface area contributed by atoms with E-state index in [4.69, 9.17) is 4.42 Å². The number of halogens is 1. The molecular weight excluding hydrogens is 427 g/mol. The molecule has 0 unspecified atom stereocenters. The first-order valence-corrected chi connectivity index (χ1v) is 11.6. The molecule has 1 aliphatic rings. The topological polar surface area (TPSA) is 53.3 Å². The van der Waals surface area contributed by atoms with Crippen LogP contribution in [0.3, 0.4) is 0 Å². The van der Waals surface area contributed by atoms with Crippen LogP contribution >= 0.6 is 0 Å². The molecule has 1 saturated heterocycles. The Bertz CT molecular complexity index is 1470. The highest BCUT2D eigenvalue weighted by molar-refractivity contribution is 5.96. The van der Waals surface area contributed by atoms with Crippen molar-refractivity contribution in [1.82, 2.24) is 15.2 Å². The fourth-order valence-electron chi connectivity index (χ4n) is 4.64. The molecule has 0 bridgehead atoms. The van der Waals surface area contributed by atoms with Gasteiger partial charge >= 0.3 is 0 Å². The summed E-state index contributed by atoms with van der Waals surface area (Å²) in [5.41, 5.74) is 6.01. The molecule has 0 spiro atoms. The van der Waals surface area contributed by atoms with E-state index < -0.39 is 0 Å². The Hall–Kier alpha value is -3.74. The Morgan fingerprint density at radius 3 is 2.76 bits per heavy atom. The number of piperazine rings is 1. The summed E-state index contributed by atoms with van der Waals surface area (Å²) in [7, 11) is 0. The summed E-state index contributed by atoms with van der Waals surface area (Å²) in [5.74, 6) is -0.198. The van der Waals surface area contributed by atoms with Crippen LogP contribution in [0.1, 0.15) is 5.56 Å². The quantitative estimate of drug-likeness (QED) is 0.346. The van der Waals surface area contributed by atoms with Gasteiger partial charge in [-0.3, -0.25) is 9.88 Å². The smallest absolute Gasteiger partial charge is 0.133 e. The molecule has 0 atom stereocenters. The van der Waals surface area contributed by atoms with Gasteiger partial charge in [0.25, 0.3) is 0 Å². The molecule has 5 nitrogen and oxygen atoms in total. The van der Waals surface area contributed by atoms with Gasteiger partial charge in [-0.05, 0) is 59.7 Å². The van der Waals surface area contributed by atoms with Gasteiger partial charge < -0.3 is 15.1 Å². The average molecular weight is 453 g/mol. The van der Waals surface area contributed by atoms with Gasteiger partial charge in [-0.2, -0.15) is 0 Å². The van der Waals surface area contributed by atoms with Crippen LogP contribution in [-0.2, 0) is 6.54 Å². The Morgan fingerprint density at radius 2 is 1.88 bits per heavy atom. The molecule has 2 aromatic heterocycles. The van der Waals surface area contributed by atoms with E-state index in [2.05, 4.69) is 20.5 Å². The maximum Gasteiger partial charge on any atom is 0.133 e. The molecule has 3 heterocycles. The third kappa shape index (κ3) is 4.14. The van der Waals surface area contributed by atoms with Gasteiger partial charge in [0.2, 0.25) is 0 Å². The molecule has 0 saturated carbocycles. The normalized spacial score (nSPS) is 14.6. The second-order valence-corrected chi connectivity index (χ2v) is 8.73. The van der Waals surface area contributed by atoms with Crippen LogP contribution in [0.15, 0.2) is 83.6 Å². The van der Waals surface area contributed by atoms with Gasteiger partial charge in [-0.15, -0.1) is 0 Å². The first kappa shape index (κ1) is 20.8. The van der Waals surface area contributed by atoms with Crippen LogP contribution in [0, 0.1) is 5.82 Å². The Morgan fingerprint density at radius 1 is 0.971 bits per heavy atom. The summed E-state index contributed by atoms with van der Waals surface area (Å²) < 4.78 is 20.6. The molecule has 170 valence electrons. The summed E-state index contributed by atoms with van der Waals surface area (Å²) in [6, 6.07) is 21.4. The molecule has 34 heavy (non-hydrogen) atoms. The van der Waals surface area contributed by atoms with Crippen molar-refractivity contribution >= 4 is 33.2 Å². The van der Waals surface area contributed by atoms with Gasteiger partial charge in [0.05, 0.1) is 11.8 Å². The summed E-state index contributed by atoms with van der Waals surface area (Å²) in [4.78, 5) is 6.85. The largest absolute Gasteiger partial charge is 0.464 e. The zero-order valence-electron chi connectivity index (χ0n) is 18.7. The number of nitrogens with zero attached hydrogens (tertiary/aromatic N) is 2. The van der Waals surface area contributed by atoms with Crippen molar-refractivity contribution in [2.45, 2.75) is 6.54 Å². The highest BCUT2D eigenvalue weighted by Crippen LogP contribution is 2.32. The lowest BCUT2D eigenvalue weighted by atomic mass is 10.0. The number of furan rings is 1. The SMILES string of the molecule is Fc1cc(CN2CCNCC2)ccc1-c1ccc2nccc(Nc3ccc4occc4c3)c2c1. The average Bonchev–Trinajstić information content (AvgIpc) is 3.33. The van der Waals surface area contributed by atoms with Gasteiger partial charge in [0, 0.05) is 66.6 Å². The number of rotatable bonds is 5. The third-order valence-electron chi connectivity index (χ3n) is 6.43. The number of benzene rings is 3. The molecule has 6 heteroatoms. The van der Waals surface area contributed by atoms with Crippen molar-refractivity contribution in [2.75, 3.05) is 31.5 Å². The number of nitrogens with one attached hydrogen (secondary N) is 2. The first-order valence-electron chi connectivity index (χ1n) is 11.6. The van der Waals surface area contributed by atoms with E-state index in [9.17, 15) is 0 Å². The molecule has 0 amide bonds. The van der Waals surface area contributed by atoms with E-state index in [1.807, 2.05) is 60.7 Å². The van der Waals surface area contributed by atoms with E-state index in [1.54, 1.807) is 18.5 Å². The first-order chi connectivity index (χ1) is 16.7. The minimum Gasteiger partial charge on any atom is -0.464 e. The fraction of sp³-hybridized carbons (Fsp3) is 0.179. The van der Waals surface area contributed by atoms with Gasteiger partial charge in [-0.25, -0.2) is 4.39 Å². The van der Waals surface area contributed by atoms with Crippen LogP contribution in [0.4, 0.5) is 15.8 Å². The Kier molecular flexibility index (Phi) is 5.45. The predicted octanol–water partition coefficient (Wildman–Crippen LogP) is 5.94.